The largest absolute Gasteiger partial charge is 0.409 e. The molecular formula is C10H14N4O3. The van der Waals surface area contributed by atoms with Gasteiger partial charge in [0.05, 0.1) is 0 Å². The lowest BCUT2D eigenvalue weighted by Gasteiger charge is -1.99. The van der Waals surface area contributed by atoms with Gasteiger partial charge in [0.2, 0.25) is 0 Å². The number of nitrogens with one attached hydrogen (secondary N) is 2. The Balaban J connectivity index is 2.66. The second kappa shape index (κ2) is 4.08. The molecule has 2 aromatic heterocycles. The second-order valence-corrected chi connectivity index (χ2v) is 4.22. The van der Waals surface area contributed by atoms with Gasteiger partial charge in [-0.1, -0.05) is 18.6 Å². The lowest BCUT2D eigenvalue weighted by Crippen LogP contribution is -2.38. The maximum atomic E-state index is 11.8. The van der Waals surface area contributed by atoms with E-state index in [1.165, 1.54) is 7.11 Å². The van der Waals surface area contributed by atoms with Gasteiger partial charge in [0.25, 0.3) is 0 Å². The highest BCUT2D eigenvalue weighted by Gasteiger charge is 2.12. The molecule has 0 saturated carbocycles. The summed E-state index contributed by atoms with van der Waals surface area (Å²) in [4.78, 5) is 37.5. The second-order valence-electron chi connectivity index (χ2n) is 4.22. The Bertz CT molecular complexity index is 650. The third-order valence-corrected chi connectivity index (χ3v) is 2.35. The van der Waals surface area contributed by atoms with Crippen molar-refractivity contribution < 1.29 is 4.84 Å². The summed E-state index contributed by atoms with van der Waals surface area (Å²) in [6.45, 7) is 4.09. The predicted molar refractivity (Wildman–Crippen MR) is 62.0 cm³/mol. The number of H-pyrrole nitrogens is 2. The summed E-state index contributed by atoms with van der Waals surface area (Å²) in [6, 6.07) is 0. The van der Waals surface area contributed by atoms with Crippen molar-refractivity contribution in [3.63, 3.8) is 0 Å². The maximum Gasteiger partial charge on any atom is 0.363 e. The summed E-state index contributed by atoms with van der Waals surface area (Å²) in [5.41, 5.74) is -0.646. The van der Waals surface area contributed by atoms with Gasteiger partial charge in [0, 0.05) is 6.42 Å². The van der Waals surface area contributed by atoms with E-state index in [0.717, 1.165) is 0 Å². The topological polar surface area (TPSA) is 92.8 Å². The third-order valence-electron chi connectivity index (χ3n) is 2.35. The molecule has 17 heavy (non-hydrogen) atoms. The number of aromatic amines is 2. The first-order chi connectivity index (χ1) is 8.02. The Morgan fingerprint density at radius 3 is 2.65 bits per heavy atom. The van der Waals surface area contributed by atoms with E-state index in [1.807, 2.05) is 13.8 Å². The van der Waals surface area contributed by atoms with Crippen molar-refractivity contribution in [2.45, 2.75) is 20.3 Å². The van der Waals surface area contributed by atoms with Gasteiger partial charge in [-0.3, -0.25) is 9.78 Å². The Labute approximate surface area is 96.4 Å². The summed E-state index contributed by atoms with van der Waals surface area (Å²) in [6.07, 6.45) is 0.711. The molecule has 7 nitrogen and oxygen atoms in total. The fraction of sp³-hybridized carbons (Fsp3) is 0.500. The molecule has 0 radical (unpaired) electrons. The smallest absolute Gasteiger partial charge is 0.363 e. The molecule has 0 aliphatic carbocycles. The van der Waals surface area contributed by atoms with Crippen LogP contribution in [0.3, 0.4) is 0 Å². The van der Waals surface area contributed by atoms with Crippen LogP contribution in [0, 0.1) is 5.92 Å². The van der Waals surface area contributed by atoms with Gasteiger partial charge < -0.3 is 9.82 Å². The predicted octanol–water partition coefficient (Wildman–Crippen LogP) is -0.330. The quantitative estimate of drug-likeness (QED) is 0.765. The van der Waals surface area contributed by atoms with Crippen LogP contribution in [-0.4, -0.2) is 26.8 Å². The number of aromatic nitrogens is 4. The van der Waals surface area contributed by atoms with Crippen molar-refractivity contribution >= 4 is 11.2 Å². The van der Waals surface area contributed by atoms with Crippen molar-refractivity contribution in [1.29, 1.82) is 0 Å². The first-order valence-corrected chi connectivity index (χ1v) is 5.31. The normalized spacial score (nSPS) is 11.3. The first-order valence-electron chi connectivity index (χ1n) is 5.31. The first kappa shape index (κ1) is 11.4. The van der Waals surface area contributed by atoms with E-state index in [4.69, 9.17) is 0 Å². The van der Waals surface area contributed by atoms with Crippen LogP contribution < -0.4 is 16.1 Å². The highest BCUT2D eigenvalue weighted by atomic mass is 16.7. The Morgan fingerprint density at radius 1 is 1.35 bits per heavy atom. The van der Waals surface area contributed by atoms with Gasteiger partial charge in [-0.05, 0) is 5.92 Å². The van der Waals surface area contributed by atoms with Crippen LogP contribution >= 0.6 is 0 Å². The van der Waals surface area contributed by atoms with Crippen molar-refractivity contribution in [3.8, 4) is 0 Å². The molecule has 2 aromatic rings. The minimum atomic E-state index is -0.632. The van der Waals surface area contributed by atoms with E-state index in [0.29, 0.717) is 22.9 Å². The molecule has 0 unspecified atom stereocenters. The number of hydrogen-bond acceptors (Lipinski definition) is 4. The minimum Gasteiger partial charge on any atom is -0.409 e. The zero-order valence-electron chi connectivity index (χ0n) is 9.90. The van der Waals surface area contributed by atoms with Crippen LogP contribution in [0.5, 0.6) is 0 Å². The van der Waals surface area contributed by atoms with Crippen molar-refractivity contribution in [2.24, 2.45) is 5.92 Å². The zero-order valence-corrected chi connectivity index (χ0v) is 9.90. The summed E-state index contributed by atoms with van der Waals surface area (Å²) >= 11 is 0. The lowest BCUT2D eigenvalue weighted by atomic mass is 10.1. The van der Waals surface area contributed by atoms with Crippen LogP contribution in [0.25, 0.3) is 11.2 Å². The summed E-state index contributed by atoms with van der Waals surface area (Å²) < 4.78 is 0.652. The van der Waals surface area contributed by atoms with Crippen LogP contribution in [0.2, 0.25) is 0 Å². The van der Waals surface area contributed by atoms with Gasteiger partial charge in [0.1, 0.15) is 12.9 Å². The van der Waals surface area contributed by atoms with Crippen molar-refractivity contribution in [1.82, 2.24) is 19.7 Å². The van der Waals surface area contributed by atoms with Gasteiger partial charge in [-0.25, -0.2) is 9.78 Å². The van der Waals surface area contributed by atoms with Crippen LogP contribution in [0.15, 0.2) is 9.59 Å². The average molecular weight is 238 g/mol. The molecule has 2 rings (SSSR count). The van der Waals surface area contributed by atoms with Gasteiger partial charge in [-0.2, -0.15) is 0 Å². The molecule has 7 heteroatoms. The van der Waals surface area contributed by atoms with Gasteiger partial charge in [-0.15, -0.1) is 0 Å². The molecule has 0 aromatic carbocycles. The number of hydrogen-bond donors (Lipinski definition) is 2. The van der Waals surface area contributed by atoms with Crippen LogP contribution in [-0.2, 0) is 6.42 Å². The molecule has 0 atom stereocenters. The Morgan fingerprint density at radius 2 is 2.06 bits per heavy atom. The van der Waals surface area contributed by atoms with E-state index in [1.54, 1.807) is 0 Å². The van der Waals surface area contributed by atoms with E-state index in [9.17, 15) is 9.59 Å². The van der Waals surface area contributed by atoms with Gasteiger partial charge in [0.15, 0.2) is 11.2 Å². The van der Waals surface area contributed by atoms with Crippen molar-refractivity contribution in [3.05, 3.63) is 26.7 Å². The molecule has 0 bridgehead atoms. The number of nitrogens with zero attached hydrogens (tertiary/aromatic N) is 2. The molecule has 0 aliphatic heterocycles. The highest BCUT2D eigenvalue weighted by Crippen LogP contribution is 2.07. The molecule has 0 fully saturated rings. The standard InChI is InChI=1S/C10H14N4O3/c1-5(2)4-6-11-7-8(12-6)13-10(16)14(17-3)9(7)15/h5H,4H2,1-3H3,(H,11,12)(H,13,16). The molecule has 2 N–H and O–H groups in total. The fourth-order valence-corrected chi connectivity index (χ4v) is 1.66. The molecule has 0 amide bonds. The summed E-state index contributed by atoms with van der Waals surface area (Å²) in [5, 5.41) is 0. The Kier molecular flexibility index (Phi) is 2.74. The Hall–Kier alpha value is -2.05. The summed E-state index contributed by atoms with van der Waals surface area (Å²) in [7, 11) is 1.26. The average Bonchev–Trinajstić information content (AvgIpc) is 2.60. The molecular weight excluding hydrogens is 224 g/mol. The number of rotatable bonds is 3. The number of imidazole rings is 1. The lowest BCUT2D eigenvalue weighted by molar-refractivity contribution is 0.146. The molecule has 0 aliphatic rings. The minimum absolute atomic E-state index is 0.252. The monoisotopic (exact) mass is 238 g/mol. The SMILES string of the molecule is COn1c(=O)[nH]c2nc(CC(C)C)[nH]c2c1=O. The summed E-state index contributed by atoms with van der Waals surface area (Å²) in [5.74, 6) is 1.09. The molecule has 92 valence electrons. The zero-order chi connectivity index (χ0) is 12.6. The highest BCUT2D eigenvalue weighted by molar-refractivity contribution is 5.68. The molecule has 2 heterocycles. The molecule has 0 spiro atoms. The van der Waals surface area contributed by atoms with E-state index in [2.05, 4.69) is 19.8 Å². The fourth-order valence-electron chi connectivity index (χ4n) is 1.66. The maximum absolute atomic E-state index is 11.8. The van der Waals surface area contributed by atoms with Crippen LogP contribution in [0.4, 0.5) is 0 Å². The van der Waals surface area contributed by atoms with E-state index in [-0.39, 0.29) is 11.2 Å². The van der Waals surface area contributed by atoms with E-state index >= 15 is 0 Å². The van der Waals surface area contributed by atoms with Crippen molar-refractivity contribution in [2.75, 3.05) is 7.11 Å². The number of fused-ring (bicyclic) bond motifs is 1. The van der Waals surface area contributed by atoms with Gasteiger partial charge >= 0.3 is 11.2 Å². The van der Waals surface area contributed by atoms with E-state index < -0.39 is 11.2 Å². The third kappa shape index (κ3) is 1.95. The molecule has 0 saturated heterocycles. The van der Waals surface area contributed by atoms with Crippen LogP contribution in [0.1, 0.15) is 19.7 Å².